The molecule has 0 aliphatic carbocycles. The Bertz CT molecular complexity index is 897. The standard InChI is InChI=1S/C44H82O10/c1-3-5-7-9-11-13-15-17-19-21-23-25-27-29-31-33-40(47)53-37(36-52-44-43(50)42(49)41(48)38(34-45)54-44)35-51-39(46)32-30-28-26-24-22-20-18-16-14-12-10-8-6-4-2/h23,25,37-38,41-45,48-50H,3-22,24,26-36H2,1-2H3/b25-23+/t37-,38-,41+,42?,43?,44-/m0/s1. The van der Waals surface area contributed by atoms with E-state index >= 15 is 0 Å². The van der Waals surface area contributed by atoms with Crippen LogP contribution in [0.25, 0.3) is 0 Å². The molecule has 0 saturated carbocycles. The molecule has 0 amide bonds. The monoisotopic (exact) mass is 771 g/mol. The molecule has 0 aromatic heterocycles. The number of hydrogen-bond acceptors (Lipinski definition) is 10. The normalized spacial score (nSPS) is 20.7. The lowest BCUT2D eigenvalue weighted by Crippen LogP contribution is -2.59. The zero-order chi connectivity index (χ0) is 39.5. The summed E-state index contributed by atoms with van der Waals surface area (Å²) in [6.07, 6.45) is 29.3. The Labute approximate surface area is 329 Å². The van der Waals surface area contributed by atoms with Gasteiger partial charge in [0.05, 0.1) is 13.2 Å². The number of hydrogen-bond donors (Lipinski definition) is 4. The van der Waals surface area contributed by atoms with Crippen LogP contribution in [-0.4, -0.2) is 89.0 Å². The van der Waals surface area contributed by atoms with Crippen LogP contribution < -0.4 is 0 Å². The summed E-state index contributed by atoms with van der Waals surface area (Å²) in [5, 5.41) is 40.0. The predicted octanol–water partition coefficient (Wildman–Crippen LogP) is 9.17. The maximum atomic E-state index is 12.7. The first-order chi connectivity index (χ1) is 26.3. The highest BCUT2D eigenvalue weighted by molar-refractivity contribution is 5.70. The first-order valence-electron chi connectivity index (χ1n) is 22.3. The number of aliphatic hydroxyl groups excluding tert-OH is 4. The third-order valence-corrected chi connectivity index (χ3v) is 10.4. The van der Waals surface area contributed by atoms with Crippen molar-refractivity contribution >= 4 is 11.9 Å². The third kappa shape index (κ3) is 27.1. The second-order valence-corrected chi connectivity index (χ2v) is 15.5. The van der Waals surface area contributed by atoms with Crippen molar-refractivity contribution in [3.8, 4) is 0 Å². The number of carbonyl (C=O) groups is 2. The smallest absolute Gasteiger partial charge is 0.306 e. The van der Waals surface area contributed by atoms with Crippen LogP contribution in [0, 0.1) is 0 Å². The van der Waals surface area contributed by atoms with Crippen molar-refractivity contribution in [2.45, 2.75) is 237 Å². The van der Waals surface area contributed by atoms with Gasteiger partial charge in [-0.15, -0.1) is 0 Å². The number of unbranched alkanes of at least 4 members (excludes halogenated alkanes) is 24. The minimum Gasteiger partial charge on any atom is -0.462 e. The van der Waals surface area contributed by atoms with E-state index in [2.05, 4.69) is 26.0 Å². The molecule has 1 aliphatic heterocycles. The molecule has 54 heavy (non-hydrogen) atoms. The molecule has 0 spiro atoms. The number of aliphatic hydroxyl groups is 4. The van der Waals surface area contributed by atoms with Crippen LogP contribution in [-0.2, 0) is 28.5 Å². The van der Waals surface area contributed by atoms with Crippen LogP contribution in [0.15, 0.2) is 12.2 Å². The van der Waals surface area contributed by atoms with Crippen LogP contribution in [0.1, 0.15) is 200 Å². The topological polar surface area (TPSA) is 152 Å². The summed E-state index contributed by atoms with van der Waals surface area (Å²) in [4.78, 5) is 25.3. The molecule has 1 saturated heterocycles. The van der Waals surface area contributed by atoms with E-state index in [1.807, 2.05) is 0 Å². The number of esters is 2. The lowest BCUT2D eigenvalue weighted by atomic mass is 9.99. The molecule has 6 atom stereocenters. The largest absolute Gasteiger partial charge is 0.462 e. The van der Waals surface area contributed by atoms with Gasteiger partial charge in [0.2, 0.25) is 0 Å². The molecule has 0 aromatic rings. The molecule has 1 rings (SSSR count). The first-order valence-corrected chi connectivity index (χ1v) is 22.3. The zero-order valence-corrected chi connectivity index (χ0v) is 34.5. The van der Waals surface area contributed by atoms with E-state index in [1.165, 1.54) is 128 Å². The van der Waals surface area contributed by atoms with E-state index in [-0.39, 0.29) is 32.0 Å². The van der Waals surface area contributed by atoms with Gasteiger partial charge in [0.1, 0.15) is 31.0 Å². The molecule has 318 valence electrons. The van der Waals surface area contributed by atoms with Crippen molar-refractivity contribution in [2.75, 3.05) is 19.8 Å². The van der Waals surface area contributed by atoms with Crippen molar-refractivity contribution in [1.82, 2.24) is 0 Å². The van der Waals surface area contributed by atoms with E-state index in [4.69, 9.17) is 18.9 Å². The Morgan fingerprint density at radius 1 is 0.556 bits per heavy atom. The fraction of sp³-hybridized carbons (Fsp3) is 0.909. The maximum Gasteiger partial charge on any atom is 0.306 e. The molecule has 1 heterocycles. The molecule has 2 unspecified atom stereocenters. The molecular formula is C44H82O10. The molecule has 0 bridgehead atoms. The Morgan fingerprint density at radius 2 is 0.981 bits per heavy atom. The highest BCUT2D eigenvalue weighted by Gasteiger charge is 2.44. The summed E-state index contributed by atoms with van der Waals surface area (Å²) in [6.45, 7) is 3.41. The summed E-state index contributed by atoms with van der Waals surface area (Å²) >= 11 is 0. The fourth-order valence-corrected chi connectivity index (χ4v) is 6.83. The summed E-state index contributed by atoms with van der Waals surface area (Å²) in [7, 11) is 0. The molecule has 10 nitrogen and oxygen atoms in total. The van der Waals surface area contributed by atoms with Gasteiger partial charge in [-0.05, 0) is 38.5 Å². The first kappa shape index (κ1) is 50.5. The minimum absolute atomic E-state index is 0.204. The molecule has 0 aromatic carbocycles. The van der Waals surface area contributed by atoms with E-state index < -0.39 is 49.4 Å². The van der Waals surface area contributed by atoms with Gasteiger partial charge in [0, 0.05) is 12.8 Å². The molecule has 1 aliphatic rings. The van der Waals surface area contributed by atoms with E-state index in [9.17, 15) is 30.0 Å². The molecule has 10 heteroatoms. The van der Waals surface area contributed by atoms with Crippen molar-refractivity contribution in [1.29, 1.82) is 0 Å². The van der Waals surface area contributed by atoms with Gasteiger partial charge in [-0.1, -0.05) is 161 Å². The van der Waals surface area contributed by atoms with Crippen molar-refractivity contribution < 1.29 is 49.0 Å². The number of allylic oxidation sites excluding steroid dienone is 2. The second kappa shape index (κ2) is 35.8. The van der Waals surface area contributed by atoms with Gasteiger partial charge in [-0.25, -0.2) is 0 Å². The SMILES string of the molecule is CCCCCCCCCCC/C=C/CCCCC(=O)O[C@@H](COC(=O)CCCCCCCCCCCCCCCC)CO[C@H]1O[C@@H](CO)[C@@H](O)C(O)C1O. The lowest BCUT2D eigenvalue weighted by molar-refractivity contribution is -0.305. The van der Waals surface area contributed by atoms with Gasteiger partial charge in [0.25, 0.3) is 0 Å². The molecule has 1 fully saturated rings. The van der Waals surface area contributed by atoms with Gasteiger partial charge in [0.15, 0.2) is 12.4 Å². The third-order valence-electron chi connectivity index (χ3n) is 10.4. The van der Waals surface area contributed by atoms with Gasteiger partial charge >= 0.3 is 11.9 Å². The quantitative estimate of drug-likeness (QED) is 0.0273. The second-order valence-electron chi connectivity index (χ2n) is 15.5. The van der Waals surface area contributed by atoms with E-state index in [1.54, 1.807) is 0 Å². The fourth-order valence-electron chi connectivity index (χ4n) is 6.83. The average molecular weight is 771 g/mol. The summed E-state index contributed by atoms with van der Waals surface area (Å²) in [5.74, 6) is -0.823. The zero-order valence-electron chi connectivity index (χ0n) is 34.5. The van der Waals surface area contributed by atoms with Gasteiger partial charge in [-0.2, -0.15) is 0 Å². The number of rotatable bonds is 37. The van der Waals surface area contributed by atoms with Gasteiger partial charge < -0.3 is 39.4 Å². The van der Waals surface area contributed by atoms with Gasteiger partial charge in [-0.3, -0.25) is 9.59 Å². The molecule has 4 N–H and O–H groups in total. The Balaban J connectivity index is 2.34. The minimum atomic E-state index is -1.59. The van der Waals surface area contributed by atoms with Crippen molar-refractivity contribution in [2.24, 2.45) is 0 Å². The Hall–Kier alpha value is -1.56. The van der Waals surface area contributed by atoms with E-state index in [0.717, 1.165) is 38.5 Å². The predicted molar refractivity (Wildman–Crippen MR) is 215 cm³/mol. The van der Waals surface area contributed by atoms with Crippen molar-refractivity contribution in [3.63, 3.8) is 0 Å². The lowest BCUT2D eigenvalue weighted by Gasteiger charge is -2.39. The Morgan fingerprint density at radius 3 is 1.48 bits per heavy atom. The number of carbonyl (C=O) groups excluding carboxylic acids is 2. The van der Waals surface area contributed by atoms with Crippen molar-refractivity contribution in [3.05, 3.63) is 12.2 Å². The molecule has 0 radical (unpaired) electrons. The summed E-state index contributed by atoms with van der Waals surface area (Å²) < 4.78 is 22.1. The van der Waals surface area contributed by atoms with Crippen LogP contribution in [0.3, 0.4) is 0 Å². The average Bonchev–Trinajstić information content (AvgIpc) is 3.17. The summed E-state index contributed by atoms with van der Waals surface area (Å²) in [5.41, 5.74) is 0. The van der Waals surface area contributed by atoms with Crippen LogP contribution >= 0.6 is 0 Å². The van der Waals surface area contributed by atoms with Crippen LogP contribution in [0.2, 0.25) is 0 Å². The Kier molecular flexibility index (Phi) is 33.5. The van der Waals surface area contributed by atoms with E-state index in [0.29, 0.717) is 6.42 Å². The highest BCUT2D eigenvalue weighted by atomic mass is 16.7. The number of ether oxygens (including phenoxy) is 4. The van der Waals surface area contributed by atoms with Crippen LogP contribution in [0.4, 0.5) is 0 Å². The summed E-state index contributed by atoms with van der Waals surface area (Å²) in [6, 6.07) is 0. The maximum absolute atomic E-state index is 12.7. The molecular weight excluding hydrogens is 688 g/mol. The van der Waals surface area contributed by atoms with Crippen LogP contribution in [0.5, 0.6) is 0 Å². The highest BCUT2D eigenvalue weighted by Crippen LogP contribution is 2.23.